The highest BCUT2D eigenvalue weighted by Crippen LogP contribution is 2.25. The molecule has 0 amide bonds. The molecule has 0 saturated carbocycles. The number of imidazole rings is 1. The molecule has 0 radical (unpaired) electrons. The van der Waals surface area contributed by atoms with E-state index in [1.54, 1.807) is 17.1 Å². The predicted molar refractivity (Wildman–Crippen MR) is 69.7 cm³/mol. The number of benzene rings is 1. The average molecular weight is 265 g/mol. The third-order valence-electron chi connectivity index (χ3n) is 2.91. The molecule has 0 aliphatic rings. The average Bonchev–Trinajstić information content (AvgIpc) is 2.79. The lowest BCUT2D eigenvalue weighted by Crippen LogP contribution is -2.25. The lowest BCUT2D eigenvalue weighted by atomic mass is 10.0. The van der Waals surface area contributed by atoms with Gasteiger partial charge in [-0.05, 0) is 25.1 Å². The number of aryl methyl sites for hydroxylation is 1. The third-order valence-corrected chi connectivity index (χ3v) is 2.91. The molecule has 1 N–H and O–H groups in total. The van der Waals surface area contributed by atoms with Gasteiger partial charge in [0.15, 0.2) is 0 Å². The first-order valence-corrected chi connectivity index (χ1v) is 6.28. The number of rotatable bonds is 5. The van der Waals surface area contributed by atoms with Crippen LogP contribution in [0.25, 0.3) is 0 Å². The highest BCUT2D eigenvalue weighted by atomic mass is 19.1. The summed E-state index contributed by atoms with van der Waals surface area (Å²) in [7, 11) is 1.82. The third kappa shape index (κ3) is 2.98. The number of halogens is 2. The maximum absolute atomic E-state index is 13.9. The highest BCUT2D eigenvalue weighted by Gasteiger charge is 2.23. The quantitative estimate of drug-likeness (QED) is 0.901. The fraction of sp³-hybridized carbons (Fsp3) is 0.357. The van der Waals surface area contributed by atoms with Crippen molar-refractivity contribution in [1.82, 2.24) is 14.9 Å². The van der Waals surface area contributed by atoms with Gasteiger partial charge in [-0.15, -0.1) is 0 Å². The number of nitrogens with one attached hydrogen (secondary N) is 1. The summed E-state index contributed by atoms with van der Waals surface area (Å²) in [5.74, 6) is -1.11. The number of aromatic nitrogens is 2. The predicted octanol–water partition coefficient (Wildman–Crippen LogP) is 2.79. The number of hydrogen-bond acceptors (Lipinski definition) is 2. The first-order chi connectivity index (χ1) is 9.13. The van der Waals surface area contributed by atoms with Gasteiger partial charge in [0.2, 0.25) is 0 Å². The fourth-order valence-electron chi connectivity index (χ4n) is 2.01. The highest BCUT2D eigenvalue weighted by molar-refractivity contribution is 5.29. The summed E-state index contributed by atoms with van der Waals surface area (Å²) < 4.78 is 29.6. The van der Waals surface area contributed by atoms with Crippen LogP contribution in [0.15, 0.2) is 30.7 Å². The van der Waals surface area contributed by atoms with Gasteiger partial charge in [-0.25, -0.2) is 13.8 Å². The van der Waals surface area contributed by atoms with Gasteiger partial charge in [-0.2, -0.15) is 0 Å². The first kappa shape index (κ1) is 13.7. The summed E-state index contributed by atoms with van der Waals surface area (Å²) in [5.41, 5.74) is 0.634. The topological polar surface area (TPSA) is 29.9 Å². The minimum absolute atomic E-state index is 0.0228. The molecule has 1 atom stereocenters. The lowest BCUT2D eigenvalue weighted by Gasteiger charge is -2.18. The molecular weight excluding hydrogens is 248 g/mol. The summed E-state index contributed by atoms with van der Waals surface area (Å²) in [6, 6.07) is 3.33. The van der Waals surface area contributed by atoms with Crippen LogP contribution in [-0.2, 0) is 7.05 Å². The van der Waals surface area contributed by atoms with Crippen LogP contribution in [0.1, 0.15) is 30.6 Å². The lowest BCUT2D eigenvalue weighted by molar-refractivity contribution is 0.498. The Morgan fingerprint density at radius 1 is 1.32 bits per heavy atom. The van der Waals surface area contributed by atoms with Crippen LogP contribution in [0, 0.1) is 11.6 Å². The molecule has 0 bridgehead atoms. The summed E-state index contributed by atoms with van der Waals surface area (Å²) in [6.45, 7) is 2.66. The fourth-order valence-corrected chi connectivity index (χ4v) is 2.01. The summed E-state index contributed by atoms with van der Waals surface area (Å²) >= 11 is 0. The van der Waals surface area contributed by atoms with E-state index < -0.39 is 17.7 Å². The smallest absolute Gasteiger partial charge is 0.131 e. The SMILES string of the molecule is CCCNC(c1cn(C)cn1)c1c(F)cccc1F. The summed E-state index contributed by atoms with van der Waals surface area (Å²) in [6.07, 6.45) is 4.26. The van der Waals surface area contributed by atoms with Crippen molar-refractivity contribution >= 4 is 0 Å². The van der Waals surface area contributed by atoms with E-state index in [1.807, 2.05) is 14.0 Å². The Hall–Kier alpha value is -1.75. The Morgan fingerprint density at radius 2 is 2.00 bits per heavy atom. The molecule has 2 rings (SSSR count). The molecule has 0 aliphatic heterocycles. The zero-order valence-electron chi connectivity index (χ0n) is 11.0. The van der Waals surface area contributed by atoms with Crippen molar-refractivity contribution in [2.24, 2.45) is 7.05 Å². The molecule has 0 aliphatic carbocycles. The van der Waals surface area contributed by atoms with Crippen LogP contribution in [0.3, 0.4) is 0 Å². The van der Waals surface area contributed by atoms with Crippen LogP contribution in [0.4, 0.5) is 8.78 Å². The maximum atomic E-state index is 13.9. The van der Waals surface area contributed by atoms with E-state index in [0.717, 1.165) is 6.42 Å². The standard InChI is InChI=1S/C14H17F2N3/c1-3-7-17-14(12-8-19(2)9-18-12)13-10(15)5-4-6-11(13)16/h4-6,8-9,14,17H,3,7H2,1-2H3. The van der Waals surface area contributed by atoms with Crippen molar-refractivity contribution in [1.29, 1.82) is 0 Å². The second kappa shape index (κ2) is 5.93. The van der Waals surface area contributed by atoms with Gasteiger partial charge in [-0.3, -0.25) is 0 Å². The second-order valence-corrected chi connectivity index (χ2v) is 4.49. The minimum atomic E-state index is -0.567. The van der Waals surface area contributed by atoms with Crippen LogP contribution >= 0.6 is 0 Å². The van der Waals surface area contributed by atoms with E-state index >= 15 is 0 Å². The number of nitrogens with zero attached hydrogens (tertiary/aromatic N) is 2. The van der Waals surface area contributed by atoms with Crippen molar-refractivity contribution in [3.8, 4) is 0 Å². The Kier molecular flexibility index (Phi) is 4.27. The Balaban J connectivity index is 2.42. The van der Waals surface area contributed by atoms with Crippen molar-refractivity contribution in [3.05, 3.63) is 53.6 Å². The van der Waals surface area contributed by atoms with Gasteiger partial charge in [0.05, 0.1) is 18.1 Å². The van der Waals surface area contributed by atoms with Gasteiger partial charge in [0.1, 0.15) is 11.6 Å². The monoisotopic (exact) mass is 265 g/mol. The van der Waals surface area contributed by atoms with E-state index in [2.05, 4.69) is 10.3 Å². The molecule has 102 valence electrons. The molecule has 1 unspecified atom stereocenters. The van der Waals surface area contributed by atoms with Crippen molar-refractivity contribution in [2.45, 2.75) is 19.4 Å². The van der Waals surface area contributed by atoms with Gasteiger partial charge >= 0.3 is 0 Å². The molecule has 1 heterocycles. The van der Waals surface area contributed by atoms with Crippen molar-refractivity contribution in [2.75, 3.05) is 6.54 Å². The van der Waals surface area contributed by atoms with E-state index in [9.17, 15) is 8.78 Å². The van der Waals surface area contributed by atoms with E-state index in [-0.39, 0.29) is 5.56 Å². The van der Waals surface area contributed by atoms with Gasteiger partial charge in [0.25, 0.3) is 0 Å². The molecule has 3 nitrogen and oxygen atoms in total. The molecule has 19 heavy (non-hydrogen) atoms. The van der Waals surface area contributed by atoms with E-state index in [1.165, 1.54) is 18.2 Å². The van der Waals surface area contributed by atoms with Gasteiger partial charge < -0.3 is 9.88 Å². The zero-order chi connectivity index (χ0) is 13.8. The Bertz CT molecular complexity index is 531. The molecule has 5 heteroatoms. The zero-order valence-corrected chi connectivity index (χ0v) is 11.0. The van der Waals surface area contributed by atoms with E-state index in [4.69, 9.17) is 0 Å². The molecule has 0 saturated heterocycles. The largest absolute Gasteiger partial charge is 0.340 e. The summed E-state index contributed by atoms with van der Waals surface area (Å²) in [5, 5.41) is 3.14. The van der Waals surface area contributed by atoms with E-state index in [0.29, 0.717) is 12.2 Å². The molecule has 2 aromatic rings. The van der Waals surface area contributed by atoms with Crippen molar-refractivity contribution in [3.63, 3.8) is 0 Å². The van der Waals surface area contributed by atoms with Gasteiger partial charge in [0, 0.05) is 18.8 Å². The van der Waals surface area contributed by atoms with Crippen LogP contribution < -0.4 is 5.32 Å². The normalized spacial score (nSPS) is 12.6. The maximum Gasteiger partial charge on any atom is 0.131 e. The molecule has 1 aromatic carbocycles. The Labute approximate surface area is 111 Å². The minimum Gasteiger partial charge on any atom is -0.340 e. The molecule has 0 fully saturated rings. The van der Waals surface area contributed by atoms with Crippen LogP contribution in [0.5, 0.6) is 0 Å². The molecular formula is C14H17F2N3. The molecule has 1 aromatic heterocycles. The Morgan fingerprint density at radius 3 is 2.53 bits per heavy atom. The van der Waals surface area contributed by atoms with Gasteiger partial charge in [-0.1, -0.05) is 13.0 Å². The van der Waals surface area contributed by atoms with Crippen LogP contribution in [-0.4, -0.2) is 16.1 Å². The summed E-state index contributed by atoms with van der Waals surface area (Å²) in [4.78, 5) is 4.19. The van der Waals surface area contributed by atoms with Crippen molar-refractivity contribution < 1.29 is 8.78 Å². The second-order valence-electron chi connectivity index (χ2n) is 4.49. The molecule has 0 spiro atoms. The first-order valence-electron chi connectivity index (χ1n) is 6.28. The van der Waals surface area contributed by atoms with Crippen LogP contribution in [0.2, 0.25) is 0 Å². The number of hydrogen-bond donors (Lipinski definition) is 1.